The SMILES string of the molecule is O=C(O)C1CCCN(C(=O)COc2cccc([N+](=O)[O-])c2)C1. The summed E-state index contributed by atoms with van der Waals surface area (Å²) in [5.41, 5.74) is -0.117. The summed E-state index contributed by atoms with van der Waals surface area (Å²) in [6.07, 6.45) is 1.20. The van der Waals surface area contributed by atoms with Gasteiger partial charge in [-0.2, -0.15) is 0 Å². The van der Waals surface area contributed by atoms with Crippen LogP contribution >= 0.6 is 0 Å². The maximum atomic E-state index is 12.0. The van der Waals surface area contributed by atoms with E-state index < -0.39 is 16.8 Å². The lowest BCUT2D eigenvalue weighted by Crippen LogP contribution is -2.44. The van der Waals surface area contributed by atoms with Crippen molar-refractivity contribution in [3.8, 4) is 5.75 Å². The zero-order valence-electron chi connectivity index (χ0n) is 11.8. The summed E-state index contributed by atoms with van der Waals surface area (Å²) in [6.45, 7) is 0.404. The molecule has 1 heterocycles. The van der Waals surface area contributed by atoms with E-state index in [-0.39, 0.29) is 30.5 Å². The number of ether oxygens (including phenoxy) is 1. The average molecular weight is 308 g/mol. The molecule has 0 bridgehead atoms. The van der Waals surface area contributed by atoms with Crippen molar-refractivity contribution < 1.29 is 24.4 Å². The molecule has 1 saturated heterocycles. The third-order valence-electron chi connectivity index (χ3n) is 3.51. The fourth-order valence-corrected chi connectivity index (χ4v) is 2.33. The molecule has 1 unspecified atom stereocenters. The molecule has 0 aromatic heterocycles. The normalized spacial score (nSPS) is 17.8. The van der Waals surface area contributed by atoms with Crippen LogP contribution in [-0.4, -0.2) is 46.5 Å². The Kier molecular flexibility index (Phi) is 4.92. The number of carbonyl (C=O) groups is 2. The number of carboxylic acids is 1. The van der Waals surface area contributed by atoms with E-state index in [2.05, 4.69) is 0 Å². The predicted molar refractivity (Wildman–Crippen MR) is 75.5 cm³/mol. The van der Waals surface area contributed by atoms with Crippen molar-refractivity contribution in [2.75, 3.05) is 19.7 Å². The number of nitro benzene ring substituents is 1. The molecular weight excluding hydrogens is 292 g/mol. The molecule has 0 spiro atoms. The Morgan fingerprint density at radius 2 is 2.23 bits per heavy atom. The molecule has 1 atom stereocenters. The number of nitro groups is 1. The van der Waals surface area contributed by atoms with Crippen molar-refractivity contribution in [3.05, 3.63) is 34.4 Å². The summed E-state index contributed by atoms with van der Waals surface area (Å²) in [5, 5.41) is 19.7. The summed E-state index contributed by atoms with van der Waals surface area (Å²) >= 11 is 0. The van der Waals surface area contributed by atoms with E-state index in [0.717, 1.165) is 0 Å². The molecule has 8 nitrogen and oxygen atoms in total. The van der Waals surface area contributed by atoms with Gasteiger partial charge in [0.25, 0.3) is 11.6 Å². The monoisotopic (exact) mass is 308 g/mol. The molecule has 2 rings (SSSR count). The maximum Gasteiger partial charge on any atom is 0.308 e. The van der Waals surface area contributed by atoms with Crippen molar-refractivity contribution in [1.82, 2.24) is 4.90 Å². The number of benzene rings is 1. The largest absolute Gasteiger partial charge is 0.484 e. The van der Waals surface area contributed by atoms with Crippen LogP contribution in [-0.2, 0) is 9.59 Å². The molecule has 0 radical (unpaired) electrons. The second-order valence-corrected chi connectivity index (χ2v) is 5.06. The predicted octanol–water partition coefficient (Wildman–Crippen LogP) is 1.30. The van der Waals surface area contributed by atoms with Crippen LogP contribution in [0.3, 0.4) is 0 Å². The molecule has 22 heavy (non-hydrogen) atoms. The van der Waals surface area contributed by atoms with Gasteiger partial charge in [-0.05, 0) is 18.9 Å². The summed E-state index contributed by atoms with van der Waals surface area (Å²) < 4.78 is 5.26. The maximum absolute atomic E-state index is 12.0. The molecule has 118 valence electrons. The van der Waals surface area contributed by atoms with Gasteiger partial charge in [-0.3, -0.25) is 19.7 Å². The topological polar surface area (TPSA) is 110 Å². The van der Waals surface area contributed by atoms with Crippen LogP contribution in [0, 0.1) is 16.0 Å². The molecule has 1 N–H and O–H groups in total. The van der Waals surface area contributed by atoms with Crippen molar-refractivity contribution in [1.29, 1.82) is 0 Å². The minimum Gasteiger partial charge on any atom is -0.484 e. The molecule has 1 aliphatic rings. The van der Waals surface area contributed by atoms with Crippen molar-refractivity contribution in [2.45, 2.75) is 12.8 Å². The second kappa shape index (κ2) is 6.88. The number of rotatable bonds is 5. The number of aliphatic carboxylic acids is 1. The number of hydrogen-bond donors (Lipinski definition) is 1. The van der Waals surface area contributed by atoms with Gasteiger partial charge in [0.2, 0.25) is 0 Å². The quantitative estimate of drug-likeness (QED) is 0.648. The molecule has 8 heteroatoms. The number of non-ortho nitro benzene ring substituents is 1. The summed E-state index contributed by atoms with van der Waals surface area (Å²) in [6, 6.07) is 5.57. The fourth-order valence-electron chi connectivity index (χ4n) is 2.33. The number of likely N-dealkylation sites (tertiary alicyclic amines) is 1. The first-order valence-electron chi connectivity index (χ1n) is 6.85. The van der Waals surface area contributed by atoms with Gasteiger partial charge in [-0.15, -0.1) is 0 Å². The van der Waals surface area contributed by atoms with Crippen LogP contribution < -0.4 is 4.74 Å². The molecular formula is C14H16N2O6. The van der Waals surface area contributed by atoms with Crippen LogP contribution in [0.15, 0.2) is 24.3 Å². The molecule has 1 fully saturated rings. The van der Waals surface area contributed by atoms with Gasteiger partial charge in [-0.1, -0.05) is 6.07 Å². The average Bonchev–Trinajstić information content (AvgIpc) is 2.53. The number of carboxylic acid groups (broad SMARTS) is 1. The number of carbonyl (C=O) groups excluding carboxylic acids is 1. The van der Waals surface area contributed by atoms with Crippen LogP contribution in [0.4, 0.5) is 5.69 Å². The van der Waals surface area contributed by atoms with Crippen molar-refractivity contribution >= 4 is 17.6 Å². The summed E-state index contributed by atoms with van der Waals surface area (Å²) in [4.78, 5) is 34.6. The van der Waals surface area contributed by atoms with E-state index in [1.165, 1.54) is 29.2 Å². The number of hydrogen-bond acceptors (Lipinski definition) is 5. The Hall–Kier alpha value is -2.64. The van der Waals surface area contributed by atoms with Crippen LogP contribution in [0.1, 0.15) is 12.8 Å². The van der Waals surface area contributed by atoms with Gasteiger partial charge >= 0.3 is 5.97 Å². The van der Waals surface area contributed by atoms with E-state index in [0.29, 0.717) is 19.4 Å². The third kappa shape index (κ3) is 3.94. The summed E-state index contributed by atoms with van der Waals surface area (Å²) in [5.74, 6) is -1.54. The van der Waals surface area contributed by atoms with Crippen molar-refractivity contribution in [3.63, 3.8) is 0 Å². The molecule has 1 aromatic carbocycles. The Balaban J connectivity index is 1.91. The van der Waals surface area contributed by atoms with E-state index >= 15 is 0 Å². The minimum atomic E-state index is -0.905. The highest BCUT2D eigenvalue weighted by Gasteiger charge is 2.28. The Bertz CT molecular complexity index is 588. The first-order chi connectivity index (χ1) is 10.5. The van der Waals surface area contributed by atoms with Crippen LogP contribution in [0.2, 0.25) is 0 Å². The Morgan fingerprint density at radius 3 is 2.91 bits per heavy atom. The molecule has 0 aliphatic carbocycles. The zero-order chi connectivity index (χ0) is 16.1. The highest BCUT2D eigenvalue weighted by atomic mass is 16.6. The molecule has 1 amide bonds. The first kappa shape index (κ1) is 15.7. The Labute approximate surface area is 126 Å². The minimum absolute atomic E-state index is 0.117. The van der Waals surface area contributed by atoms with E-state index in [1.54, 1.807) is 0 Å². The number of piperidine rings is 1. The van der Waals surface area contributed by atoms with E-state index in [4.69, 9.17) is 9.84 Å². The highest BCUT2D eigenvalue weighted by Crippen LogP contribution is 2.20. The van der Waals surface area contributed by atoms with E-state index in [9.17, 15) is 19.7 Å². The third-order valence-corrected chi connectivity index (χ3v) is 3.51. The lowest BCUT2D eigenvalue weighted by Gasteiger charge is -2.30. The Morgan fingerprint density at radius 1 is 1.45 bits per heavy atom. The zero-order valence-corrected chi connectivity index (χ0v) is 11.8. The number of nitrogens with zero attached hydrogens (tertiary/aromatic N) is 2. The lowest BCUT2D eigenvalue weighted by atomic mass is 9.98. The van der Waals surface area contributed by atoms with E-state index in [1.807, 2.05) is 0 Å². The second-order valence-electron chi connectivity index (χ2n) is 5.06. The van der Waals surface area contributed by atoms with Gasteiger partial charge < -0.3 is 14.7 Å². The lowest BCUT2D eigenvalue weighted by molar-refractivity contribution is -0.384. The van der Waals surface area contributed by atoms with Gasteiger partial charge in [0, 0.05) is 19.2 Å². The van der Waals surface area contributed by atoms with Gasteiger partial charge in [0.1, 0.15) is 5.75 Å². The molecule has 1 aliphatic heterocycles. The smallest absolute Gasteiger partial charge is 0.308 e. The fraction of sp³-hybridized carbons (Fsp3) is 0.429. The standard InChI is InChI=1S/C14H16N2O6/c17-13(15-6-2-3-10(8-15)14(18)19)9-22-12-5-1-4-11(7-12)16(20)21/h1,4-5,7,10H,2-3,6,8-9H2,(H,18,19). The van der Waals surface area contributed by atoms with Gasteiger partial charge in [0.15, 0.2) is 6.61 Å². The highest BCUT2D eigenvalue weighted by molar-refractivity contribution is 5.79. The van der Waals surface area contributed by atoms with Crippen LogP contribution in [0.5, 0.6) is 5.75 Å². The van der Waals surface area contributed by atoms with Gasteiger partial charge in [-0.25, -0.2) is 0 Å². The van der Waals surface area contributed by atoms with Gasteiger partial charge in [0.05, 0.1) is 16.9 Å². The molecule has 1 aromatic rings. The molecule has 0 saturated carbocycles. The summed E-state index contributed by atoms with van der Waals surface area (Å²) in [7, 11) is 0. The number of amides is 1. The van der Waals surface area contributed by atoms with Crippen LogP contribution in [0.25, 0.3) is 0 Å². The first-order valence-corrected chi connectivity index (χ1v) is 6.85. The van der Waals surface area contributed by atoms with Crippen molar-refractivity contribution in [2.24, 2.45) is 5.92 Å².